The third-order valence-corrected chi connectivity index (χ3v) is 4.79. The fraction of sp³-hybridized carbons (Fsp3) is 0.333. The van der Waals surface area contributed by atoms with E-state index in [0.29, 0.717) is 22.9 Å². The Bertz CT molecular complexity index is 539. The largest absolute Gasteiger partial charge is 0.305 e. The summed E-state index contributed by atoms with van der Waals surface area (Å²) in [5.74, 6) is 0.177. The van der Waals surface area contributed by atoms with Crippen molar-refractivity contribution in [1.29, 1.82) is 0 Å². The van der Waals surface area contributed by atoms with Crippen molar-refractivity contribution in [3.05, 3.63) is 41.4 Å². The quantitative estimate of drug-likeness (QED) is 0.917. The van der Waals surface area contributed by atoms with Gasteiger partial charge in [-0.3, -0.25) is 0 Å². The Morgan fingerprint density at radius 2 is 2.18 bits per heavy atom. The molecule has 0 bridgehead atoms. The van der Waals surface area contributed by atoms with Crippen molar-refractivity contribution in [2.24, 2.45) is 0 Å². The normalized spacial score (nSPS) is 21.8. The minimum absolute atomic E-state index is 0.0326. The van der Waals surface area contributed by atoms with E-state index in [1.165, 1.54) is 0 Å². The summed E-state index contributed by atoms with van der Waals surface area (Å²) in [6.07, 6.45) is 0.573. The molecule has 0 aliphatic carbocycles. The van der Waals surface area contributed by atoms with Gasteiger partial charge in [0.1, 0.15) is 0 Å². The monoisotopic (exact) mass is 271 g/mol. The molecule has 1 aliphatic heterocycles. The molecule has 17 heavy (non-hydrogen) atoms. The maximum Gasteiger partial charge on any atom is 0.178 e. The van der Waals surface area contributed by atoms with Crippen LogP contribution in [0.5, 0.6) is 0 Å². The first kappa shape index (κ1) is 12.6. The summed E-state index contributed by atoms with van der Waals surface area (Å²) in [6, 6.07) is 7.14. The van der Waals surface area contributed by atoms with E-state index in [0.717, 1.165) is 5.56 Å². The van der Waals surface area contributed by atoms with E-state index in [1.807, 2.05) is 12.1 Å². The fourth-order valence-electron chi connectivity index (χ4n) is 2.04. The van der Waals surface area contributed by atoms with Gasteiger partial charge in [-0.25, -0.2) is 8.42 Å². The Morgan fingerprint density at radius 1 is 1.47 bits per heavy atom. The standard InChI is InChI=1S/C12H14ClNO2S/c1-9(13)8-14-11-6-7-17(15,16)12-5-3-2-4-10(11)12/h2-5,11,14H,1,6-8H2. The minimum Gasteiger partial charge on any atom is -0.305 e. The fourth-order valence-corrected chi connectivity index (χ4v) is 3.73. The SMILES string of the molecule is C=C(Cl)CNC1CCS(=O)(=O)c2ccccc21. The van der Waals surface area contributed by atoms with Gasteiger partial charge in [0, 0.05) is 17.6 Å². The predicted molar refractivity (Wildman–Crippen MR) is 68.8 cm³/mol. The van der Waals surface area contributed by atoms with Gasteiger partial charge >= 0.3 is 0 Å². The van der Waals surface area contributed by atoms with Gasteiger partial charge in [-0.15, -0.1) is 0 Å². The van der Waals surface area contributed by atoms with Crippen LogP contribution >= 0.6 is 11.6 Å². The zero-order valence-corrected chi connectivity index (χ0v) is 10.9. The van der Waals surface area contributed by atoms with Gasteiger partial charge in [0.2, 0.25) is 0 Å². The van der Waals surface area contributed by atoms with Crippen LogP contribution in [0.25, 0.3) is 0 Å². The number of benzene rings is 1. The second-order valence-corrected chi connectivity index (χ2v) is 6.71. The van der Waals surface area contributed by atoms with Gasteiger partial charge < -0.3 is 5.32 Å². The third-order valence-electron chi connectivity index (χ3n) is 2.85. The van der Waals surface area contributed by atoms with Crippen molar-refractivity contribution >= 4 is 21.4 Å². The lowest BCUT2D eigenvalue weighted by molar-refractivity contribution is 0.512. The van der Waals surface area contributed by atoms with E-state index in [9.17, 15) is 8.42 Å². The molecule has 1 atom stereocenters. The zero-order chi connectivity index (χ0) is 12.5. The van der Waals surface area contributed by atoms with E-state index in [-0.39, 0.29) is 11.8 Å². The van der Waals surface area contributed by atoms with Crippen molar-refractivity contribution in [2.45, 2.75) is 17.4 Å². The van der Waals surface area contributed by atoms with Crippen LogP contribution in [0.15, 0.2) is 40.8 Å². The Morgan fingerprint density at radius 3 is 2.88 bits per heavy atom. The maximum absolute atomic E-state index is 11.9. The molecule has 0 spiro atoms. The van der Waals surface area contributed by atoms with Crippen molar-refractivity contribution in [1.82, 2.24) is 5.32 Å². The molecular formula is C12H14ClNO2S. The molecule has 0 radical (unpaired) electrons. The van der Waals surface area contributed by atoms with Crippen molar-refractivity contribution in [3.63, 3.8) is 0 Å². The number of halogens is 1. The van der Waals surface area contributed by atoms with E-state index >= 15 is 0 Å². The highest BCUT2D eigenvalue weighted by Gasteiger charge is 2.29. The van der Waals surface area contributed by atoms with E-state index in [1.54, 1.807) is 12.1 Å². The molecule has 0 amide bonds. The Balaban J connectivity index is 2.32. The van der Waals surface area contributed by atoms with Crippen LogP contribution in [-0.2, 0) is 9.84 Å². The van der Waals surface area contributed by atoms with Gasteiger partial charge in [-0.1, -0.05) is 36.4 Å². The van der Waals surface area contributed by atoms with Crippen molar-refractivity contribution < 1.29 is 8.42 Å². The number of fused-ring (bicyclic) bond motifs is 1. The summed E-state index contributed by atoms with van der Waals surface area (Å²) in [7, 11) is -3.11. The molecule has 1 aromatic rings. The van der Waals surface area contributed by atoms with Gasteiger partial charge in [0.15, 0.2) is 9.84 Å². The lowest BCUT2D eigenvalue weighted by Gasteiger charge is -2.26. The number of rotatable bonds is 3. The molecule has 1 heterocycles. The molecule has 5 heteroatoms. The zero-order valence-electron chi connectivity index (χ0n) is 9.32. The molecule has 0 fully saturated rings. The van der Waals surface area contributed by atoms with Crippen LogP contribution in [0.3, 0.4) is 0 Å². The van der Waals surface area contributed by atoms with Crippen LogP contribution in [0.2, 0.25) is 0 Å². The average molecular weight is 272 g/mol. The summed E-state index contributed by atoms with van der Waals surface area (Å²) in [5, 5.41) is 3.74. The van der Waals surface area contributed by atoms with Crippen LogP contribution in [-0.4, -0.2) is 20.7 Å². The highest BCUT2D eigenvalue weighted by atomic mass is 35.5. The molecule has 1 N–H and O–H groups in total. The molecule has 0 saturated heterocycles. The average Bonchev–Trinajstić information content (AvgIpc) is 2.28. The maximum atomic E-state index is 11.9. The highest BCUT2D eigenvalue weighted by Crippen LogP contribution is 2.31. The van der Waals surface area contributed by atoms with Gasteiger partial charge in [0.05, 0.1) is 10.6 Å². The summed E-state index contributed by atoms with van der Waals surface area (Å²) < 4.78 is 23.8. The number of hydrogen-bond donors (Lipinski definition) is 1. The van der Waals surface area contributed by atoms with Gasteiger partial charge in [0.25, 0.3) is 0 Å². The van der Waals surface area contributed by atoms with Crippen LogP contribution in [0.4, 0.5) is 0 Å². The molecule has 2 rings (SSSR count). The number of hydrogen-bond acceptors (Lipinski definition) is 3. The highest BCUT2D eigenvalue weighted by molar-refractivity contribution is 7.91. The lowest BCUT2D eigenvalue weighted by Crippen LogP contribution is -2.30. The molecule has 3 nitrogen and oxygen atoms in total. The summed E-state index contributed by atoms with van der Waals surface area (Å²) in [4.78, 5) is 0.434. The summed E-state index contributed by atoms with van der Waals surface area (Å²) >= 11 is 5.70. The molecular weight excluding hydrogens is 258 g/mol. The van der Waals surface area contributed by atoms with Crippen molar-refractivity contribution in [3.8, 4) is 0 Å². The van der Waals surface area contributed by atoms with Crippen LogP contribution in [0, 0.1) is 0 Å². The predicted octanol–water partition coefficient (Wildman–Crippen LogP) is 2.25. The topological polar surface area (TPSA) is 46.2 Å². The van der Waals surface area contributed by atoms with Gasteiger partial charge in [-0.2, -0.15) is 0 Å². The summed E-state index contributed by atoms with van der Waals surface area (Å²) in [6.45, 7) is 4.10. The molecule has 0 saturated carbocycles. The Hall–Kier alpha value is -0.840. The summed E-state index contributed by atoms with van der Waals surface area (Å²) in [5.41, 5.74) is 0.830. The van der Waals surface area contributed by atoms with E-state index < -0.39 is 9.84 Å². The Kier molecular flexibility index (Phi) is 3.56. The molecule has 92 valence electrons. The molecule has 1 aliphatic rings. The van der Waals surface area contributed by atoms with Gasteiger partial charge in [-0.05, 0) is 18.1 Å². The van der Waals surface area contributed by atoms with Crippen LogP contribution in [0.1, 0.15) is 18.0 Å². The number of sulfone groups is 1. The molecule has 1 aromatic carbocycles. The van der Waals surface area contributed by atoms with E-state index in [4.69, 9.17) is 11.6 Å². The molecule has 0 aromatic heterocycles. The Labute approximate surface area is 106 Å². The first-order valence-corrected chi connectivity index (χ1v) is 7.42. The first-order valence-electron chi connectivity index (χ1n) is 5.39. The smallest absolute Gasteiger partial charge is 0.178 e. The van der Waals surface area contributed by atoms with Crippen LogP contribution < -0.4 is 5.32 Å². The number of nitrogens with one attached hydrogen (secondary N) is 1. The second kappa shape index (κ2) is 4.80. The molecule has 1 unspecified atom stereocenters. The third kappa shape index (κ3) is 2.70. The van der Waals surface area contributed by atoms with Crippen molar-refractivity contribution in [2.75, 3.05) is 12.3 Å². The lowest BCUT2D eigenvalue weighted by atomic mass is 10.0. The minimum atomic E-state index is -3.11. The second-order valence-electron chi connectivity index (χ2n) is 4.10. The van der Waals surface area contributed by atoms with E-state index in [2.05, 4.69) is 11.9 Å². The first-order chi connectivity index (χ1) is 8.00.